The summed E-state index contributed by atoms with van der Waals surface area (Å²) in [4.78, 5) is 12.2. The molecule has 0 radical (unpaired) electrons. The van der Waals surface area contributed by atoms with E-state index in [0.29, 0.717) is 11.2 Å². The van der Waals surface area contributed by atoms with E-state index in [-0.39, 0.29) is 17.7 Å². The van der Waals surface area contributed by atoms with Crippen LogP contribution in [0.1, 0.15) is 20.1 Å². The standard InChI is InChI=1S/C14H18ClN5O6S/c1-14(2)23-4-6-8(25-14)9(26-27(3,21)22)12(24-6)20-5-17-7-10(16)18-13(15)19-11(7)20/h5-6,8-9,12H,4H2,1-3H3,(H2,16,18,19)/t6-,8-,9+,12+/m0/s1. The van der Waals surface area contributed by atoms with Crippen LogP contribution in [-0.2, 0) is 28.5 Å². The van der Waals surface area contributed by atoms with E-state index in [1.54, 1.807) is 13.8 Å². The third kappa shape index (κ3) is 3.48. The first-order chi connectivity index (χ1) is 12.5. The molecule has 13 heteroatoms. The highest BCUT2D eigenvalue weighted by atomic mass is 35.5. The first-order valence-electron chi connectivity index (χ1n) is 8.05. The van der Waals surface area contributed by atoms with Crippen LogP contribution in [0.25, 0.3) is 11.2 Å². The summed E-state index contributed by atoms with van der Waals surface area (Å²) in [5, 5.41) is -0.0709. The molecule has 2 fully saturated rings. The number of aromatic nitrogens is 4. The third-order valence-corrected chi connectivity index (χ3v) is 5.02. The first kappa shape index (κ1) is 18.8. The lowest BCUT2D eigenvalue weighted by Crippen LogP contribution is -2.50. The van der Waals surface area contributed by atoms with Crippen molar-refractivity contribution in [3.05, 3.63) is 11.6 Å². The van der Waals surface area contributed by atoms with E-state index in [2.05, 4.69) is 15.0 Å². The highest BCUT2D eigenvalue weighted by Gasteiger charge is 2.54. The van der Waals surface area contributed by atoms with E-state index in [4.69, 9.17) is 35.7 Å². The number of ether oxygens (including phenoxy) is 3. The Bertz CT molecular complexity index is 995. The van der Waals surface area contributed by atoms with Gasteiger partial charge in [-0.15, -0.1) is 0 Å². The fourth-order valence-corrected chi connectivity index (χ4v) is 4.03. The minimum atomic E-state index is -3.81. The molecule has 11 nitrogen and oxygen atoms in total. The molecule has 2 N–H and O–H groups in total. The molecule has 0 spiro atoms. The summed E-state index contributed by atoms with van der Waals surface area (Å²) in [5.74, 6) is -0.814. The number of nitrogens with two attached hydrogens (primary N) is 1. The summed E-state index contributed by atoms with van der Waals surface area (Å²) < 4.78 is 48.0. The van der Waals surface area contributed by atoms with Gasteiger partial charge in [0.05, 0.1) is 19.2 Å². The largest absolute Gasteiger partial charge is 0.382 e. The molecule has 0 amide bonds. The summed E-state index contributed by atoms with van der Waals surface area (Å²) in [7, 11) is -3.81. The van der Waals surface area contributed by atoms with Crippen molar-refractivity contribution in [3.63, 3.8) is 0 Å². The van der Waals surface area contributed by atoms with Crippen LogP contribution in [-0.4, -0.2) is 64.9 Å². The quantitative estimate of drug-likeness (QED) is 0.550. The maximum atomic E-state index is 11.9. The summed E-state index contributed by atoms with van der Waals surface area (Å²) in [6.07, 6.45) is -0.727. The Balaban J connectivity index is 1.79. The molecule has 0 bridgehead atoms. The van der Waals surface area contributed by atoms with Gasteiger partial charge >= 0.3 is 0 Å². The molecule has 2 aliphatic rings. The number of rotatable bonds is 3. The van der Waals surface area contributed by atoms with Crippen LogP contribution in [0, 0.1) is 0 Å². The van der Waals surface area contributed by atoms with Crippen molar-refractivity contribution in [3.8, 4) is 0 Å². The molecule has 2 aromatic heterocycles. The van der Waals surface area contributed by atoms with E-state index in [1.165, 1.54) is 10.9 Å². The SMILES string of the molecule is CC1(C)OC[C@@H]2O[C@@H](n3cnc4c(N)nc(Cl)nc43)[C@H](OS(C)(=O)=O)[C@H]2O1. The maximum Gasteiger partial charge on any atom is 0.264 e. The number of hydrogen-bond donors (Lipinski definition) is 1. The highest BCUT2D eigenvalue weighted by molar-refractivity contribution is 7.86. The number of hydrogen-bond acceptors (Lipinski definition) is 10. The zero-order chi connectivity index (χ0) is 19.6. The van der Waals surface area contributed by atoms with Crippen molar-refractivity contribution >= 4 is 38.7 Å². The Morgan fingerprint density at radius 3 is 2.85 bits per heavy atom. The number of halogens is 1. The van der Waals surface area contributed by atoms with E-state index < -0.39 is 40.4 Å². The number of nitrogen functional groups attached to an aromatic ring is 1. The number of anilines is 1. The number of imidazole rings is 1. The van der Waals surface area contributed by atoms with Gasteiger partial charge in [-0.3, -0.25) is 8.75 Å². The van der Waals surface area contributed by atoms with Crippen molar-refractivity contribution in [2.75, 3.05) is 18.6 Å². The minimum absolute atomic E-state index is 0.0709. The van der Waals surface area contributed by atoms with Crippen LogP contribution in [0.4, 0.5) is 5.82 Å². The van der Waals surface area contributed by atoms with Crippen LogP contribution in [0.5, 0.6) is 0 Å². The van der Waals surface area contributed by atoms with Crippen molar-refractivity contribution < 1.29 is 26.8 Å². The van der Waals surface area contributed by atoms with Gasteiger partial charge in [0, 0.05) is 0 Å². The van der Waals surface area contributed by atoms with Crippen LogP contribution in [0.15, 0.2) is 6.33 Å². The molecule has 2 aliphatic heterocycles. The van der Waals surface area contributed by atoms with Crippen molar-refractivity contribution in [2.45, 2.75) is 44.2 Å². The highest BCUT2D eigenvalue weighted by Crippen LogP contribution is 2.41. The van der Waals surface area contributed by atoms with E-state index in [9.17, 15) is 8.42 Å². The second-order valence-electron chi connectivity index (χ2n) is 6.83. The van der Waals surface area contributed by atoms with E-state index in [0.717, 1.165) is 6.26 Å². The van der Waals surface area contributed by atoms with Gasteiger partial charge in [0.2, 0.25) is 5.28 Å². The molecule has 0 unspecified atom stereocenters. The van der Waals surface area contributed by atoms with Gasteiger partial charge in [-0.05, 0) is 25.4 Å². The smallest absolute Gasteiger partial charge is 0.264 e. The van der Waals surface area contributed by atoms with E-state index >= 15 is 0 Å². The first-order valence-corrected chi connectivity index (χ1v) is 10.2. The van der Waals surface area contributed by atoms with E-state index in [1.807, 2.05) is 0 Å². The summed E-state index contributed by atoms with van der Waals surface area (Å²) in [5.41, 5.74) is 6.44. The molecular formula is C14H18ClN5O6S. The molecule has 4 heterocycles. The third-order valence-electron chi connectivity index (χ3n) is 4.28. The molecule has 0 aromatic carbocycles. The normalized spacial score (nSPS) is 30.5. The average molecular weight is 420 g/mol. The summed E-state index contributed by atoms with van der Waals surface area (Å²) in [6.45, 7) is 3.67. The molecule has 4 rings (SSSR count). The lowest BCUT2D eigenvalue weighted by Gasteiger charge is -2.38. The van der Waals surface area contributed by atoms with Gasteiger partial charge in [-0.2, -0.15) is 18.4 Å². The lowest BCUT2D eigenvalue weighted by atomic mass is 10.1. The average Bonchev–Trinajstić information content (AvgIpc) is 3.07. The second-order valence-corrected chi connectivity index (χ2v) is 8.76. The maximum absolute atomic E-state index is 11.9. The van der Waals surface area contributed by atoms with Gasteiger partial charge < -0.3 is 19.9 Å². The minimum Gasteiger partial charge on any atom is -0.382 e. The molecule has 0 saturated carbocycles. The van der Waals surface area contributed by atoms with Crippen LogP contribution >= 0.6 is 11.6 Å². The van der Waals surface area contributed by atoms with Crippen LogP contribution < -0.4 is 5.73 Å². The molecule has 148 valence electrons. The van der Waals surface area contributed by atoms with Crippen LogP contribution in [0.2, 0.25) is 5.28 Å². The summed E-state index contributed by atoms with van der Waals surface area (Å²) >= 11 is 5.91. The van der Waals surface area contributed by atoms with Crippen LogP contribution in [0.3, 0.4) is 0 Å². The zero-order valence-corrected chi connectivity index (χ0v) is 16.3. The molecule has 0 aliphatic carbocycles. The zero-order valence-electron chi connectivity index (χ0n) is 14.7. The number of fused-ring (bicyclic) bond motifs is 2. The van der Waals surface area contributed by atoms with Gasteiger partial charge in [-0.1, -0.05) is 0 Å². The fraction of sp³-hybridized carbons (Fsp3) is 0.643. The number of nitrogens with zero attached hydrogens (tertiary/aromatic N) is 4. The Hall–Kier alpha value is -1.57. The monoisotopic (exact) mass is 419 g/mol. The predicted molar refractivity (Wildman–Crippen MR) is 93.3 cm³/mol. The van der Waals surface area contributed by atoms with Crippen molar-refractivity contribution in [1.82, 2.24) is 19.5 Å². The molecule has 27 heavy (non-hydrogen) atoms. The Kier molecular flexibility index (Phi) is 4.33. The fourth-order valence-electron chi connectivity index (χ4n) is 3.25. The molecule has 4 atom stereocenters. The van der Waals surface area contributed by atoms with Crippen molar-refractivity contribution in [1.29, 1.82) is 0 Å². The Morgan fingerprint density at radius 2 is 2.15 bits per heavy atom. The van der Waals surface area contributed by atoms with Gasteiger partial charge in [-0.25, -0.2) is 4.98 Å². The second kappa shape index (κ2) is 6.22. The molecule has 2 saturated heterocycles. The summed E-state index contributed by atoms with van der Waals surface area (Å²) in [6, 6.07) is 0. The van der Waals surface area contributed by atoms with Gasteiger partial charge in [0.1, 0.15) is 17.7 Å². The molecule has 2 aromatic rings. The van der Waals surface area contributed by atoms with Gasteiger partial charge in [0.25, 0.3) is 10.1 Å². The van der Waals surface area contributed by atoms with Crippen molar-refractivity contribution in [2.24, 2.45) is 0 Å². The Morgan fingerprint density at radius 1 is 1.41 bits per heavy atom. The topological polar surface area (TPSA) is 141 Å². The Labute approximate surface area is 159 Å². The van der Waals surface area contributed by atoms with Gasteiger partial charge in [0.15, 0.2) is 29.6 Å². The predicted octanol–water partition coefficient (Wildman–Crippen LogP) is 0.456. The molecular weight excluding hydrogens is 402 g/mol. The lowest BCUT2D eigenvalue weighted by molar-refractivity contribution is -0.299.